The van der Waals surface area contributed by atoms with Crippen molar-refractivity contribution < 1.29 is 9.90 Å². The van der Waals surface area contributed by atoms with E-state index in [0.29, 0.717) is 12.8 Å². The summed E-state index contributed by atoms with van der Waals surface area (Å²) in [4.78, 5) is 16.0. The maximum atomic E-state index is 11.8. The lowest BCUT2D eigenvalue weighted by molar-refractivity contribution is -0.117. The Bertz CT molecular complexity index is 534. The molecule has 88 valence electrons. The van der Waals surface area contributed by atoms with Crippen molar-refractivity contribution >= 4 is 17.1 Å². The fourth-order valence-electron chi connectivity index (χ4n) is 1.61. The lowest BCUT2D eigenvalue weighted by atomic mass is 10.1. The van der Waals surface area contributed by atoms with Crippen LogP contribution in [0.4, 0.5) is 0 Å². The number of rotatable bonds is 4. The average Bonchev–Trinajstić information content (AvgIpc) is 2.63. The number of carbonyl (C=O) groups excluding carboxylic acids is 1. The van der Waals surface area contributed by atoms with Gasteiger partial charge in [-0.05, 0) is 24.6 Å². The summed E-state index contributed by atoms with van der Waals surface area (Å²) in [5.41, 5.74) is 1.79. The third kappa shape index (κ3) is 3.39. The van der Waals surface area contributed by atoms with Crippen LogP contribution in [0.25, 0.3) is 0 Å². The van der Waals surface area contributed by atoms with Gasteiger partial charge in [0.15, 0.2) is 0 Å². The molecular formula is C13H13NO2S. The maximum Gasteiger partial charge on any atom is 0.144 e. The van der Waals surface area contributed by atoms with Gasteiger partial charge in [-0.3, -0.25) is 4.79 Å². The largest absolute Gasteiger partial charge is 0.508 e. The van der Waals surface area contributed by atoms with Gasteiger partial charge in [-0.15, -0.1) is 11.3 Å². The zero-order valence-corrected chi connectivity index (χ0v) is 10.3. The average molecular weight is 247 g/mol. The Labute approximate surface area is 104 Å². The summed E-state index contributed by atoms with van der Waals surface area (Å²) in [7, 11) is 0. The maximum absolute atomic E-state index is 11.8. The first-order valence-electron chi connectivity index (χ1n) is 5.34. The lowest BCUT2D eigenvalue weighted by Gasteiger charge is -2.00. The molecule has 0 aliphatic carbocycles. The molecule has 0 radical (unpaired) electrons. The topological polar surface area (TPSA) is 50.2 Å². The van der Waals surface area contributed by atoms with Gasteiger partial charge >= 0.3 is 0 Å². The van der Waals surface area contributed by atoms with Crippen LogP contribution in [-0.2, 0) is 17.6 Å². The Kier molecular flexibility index (Phi) is 3.54. The van der Waals surface area contributed by atoms with Crippen LogP contribution in [0.2, 0.25) is 0 Å². The van der Waals surface area contributed by atoms with Crippen molar-refractivity contribution in [2.75, 3.05) is 0 Å². The summed E-state index contributed by atoms with van der Waals surface area (Å²) >= 11 is 1.51. The van der Waals surface area contributed by atoms with Gasteiger partial charge in [0.05, 0.1) is 6.42 Å². The Balaban J connectivity index is 1.98. The molecule has 4 heteroatoms. The fourth-order valence-corrected chi connectivity index (χ4v) is 2.41. The summed E-state index contributed by atoms with van der Waals surface area (Å²) in [6.45, 7) is 1.92. The summed E-state index contributed by atoms with van der Waals surface area (Å²) in [5, 5.41) is 12.1. The van der Waals surface area contributed by atoms with Crippen molar-refractivity contribution in [1.82, 2.24) is 4.98 Å². The molecular weight excluding hydrogens is 234 g/mol. The number of Topliss-reactive ketones (excluding diaryl/α,β-unsaturated/α-hetero) is 1. The minimum atomic E-state index is 0.116. The molecule has 0 saturated heterocycles. The molecule has 3 nitrogen and oxygen atoms in total. The molecule has 0 fully saturated rings. The van der Waals surface area contributed by atoms with E-state index in [9.17, 15) is 9.90 Å². The number of thiazole rings is 1. The first-order chi connectivity index (χ1) is 8.13. The van der Waals surface area contributed by atoms with Crippen LogP contribution in [-0.4, -0.2) is 15.9 Å². The van der Waals surface area contributed by atoms with Crippen molar-refractivity contribution in [2.45, 2.75) is 19.8 Å². The quantitative estimate of drug-likeness (QED) is 0.903. The number of benzene rings is 1. The first kappa shape index (κ1) is 11.8. The summed E-state index contributed by atoms with van der Waals surface area (Å²) < 4.78 is 0. The van der Waals surface area contributed by atoms with Crippen LogP contribution < -0.4 is 0 Å². The molecule has 0 unspecified atom stereocenters. The van der Waals surface area contributed by atoms with Crippen LogP contribution in [0, 0.1) is 6.92 Å². The third-order valence-corrected chi connectivity index (χ3v) is 3.29. The molecule has 0 saturated carbocycles. The highest BCUT2D eigenvalue weighted by atomic mass is 32.1. The number of aromatic hydroxyl groups is 1. The number of hydrogen-bond donors (Lipinski definition) is 1. The molecule has 0 aliphatic rings. The SMILES string of the molecule is Cc1csc(CC(=O)Cc2cccc(O)c2)n1. The minimum absolute atomic E-state index is 0.116. The van der Waals surface area contributed by atoms with E-state index in [1.165, 1.54) is 11.3 Å². The highest BCUT2D eigenvalue weighted by Gasteiger charge is 2.08. The van der Waals surface area contributed by atoms with E-state index >= 15 is 0 Å². The Morgan fingerprint density at radius 2 is 2.24 bits per heavy atom. The van der Waals surface area contributed by atoms with Gasteiger partial charge in [0.2, 0.25) is 0 Å². The molecule has 1 aromatic carbocycles. The predicted molar refractivity (Wildman–Crippen MR) is 67.4 cm³/mol. The molecule has 0 aliphatic heterocycles. The van der Waals surface area contributed by atoms with Crippen LogP contribution >= 0.6 is 11.3 Å². The normalized spacial score (nSPS) is 10.4. The highest BCUT2D eigenvalue weighted by Crippen LogP contribution is 2.14. The minimum Gasteiger partial charge on any atom is -0.508 e. The molecule has 2 rings (SSSR count). The van der Waals surface area contributed by atoms with Gasteiger partial charge in [-0.25, -0.2) is 4.98 Å². The number of nitrogens with zero attached hydrogens (tertiary/aromatic N) is 1. The van der Waals surface area contributed by atoms with Crippen LogP contribution in [0.1, 0.15) is 16.3 Å². The number of aryl methyl sites for hydroxylation is 1. The molecule has 0 atom stereocenters. The molecule has 1 heterocycles. The highest BCUT2D eigenvalue weighted by molar-refractivity contribution is 7.09. The molecule has 1 N–H and O–H groups in total. The van der Waals surface area contributed by atoms with E-state index in [-0.39, 0.29) is 11.5 Å². The van der Waals surface area contributed by atoms with Crippen molar-refractivity contribution in [2.24, 2.45) is 0 Å². The zero-order valence-electron chi connectivity index (χ0n) is 9.51. The van der Waals surface area contributed by atoms with E-state index in [1.807, 2.05) is 18.4 Å². The monoisotopic (exact) mass is 247 g/mol. The van der Waals surface area contributed by atoms with Crippen molar-refractivity contribution in [1.29, 1.82) is 0 Å². The molecule has 0 amide bonds. The molecule has 1 aromatic heterocycles. The van der Waals surface area contributed by atoms with Gasteiger partial charge in [-0.1, -0.05) is 12.1 Å². The fraction of sp³-hybridized carbons (Fsp3) is 0.231. The van der Waals surface area contributed by atoms with E-state index in [0.717, 1.165) is 16.3 Å². The molecule has 0 spiro atoms. The molecule has 0 bridgehead atoms. The van der Waals surface area contributed by atoms with E-state index in [2.05, 4.69) is 4.98 Å². The second-order valence-electron chi connectivity index (χ2n) is 3.94. The number of phenols is 1. The van der Waals surface area contributed by atoms with Crippen molar-refractivity contribution in [3.8, 4) is 5.75 Å². The second-order valence-corrected chi connectivity index (χ2v) is 4.89. The second kappa shape index (κ2) is 5.10. The summed E-state index contributed by atoms with van der Waals surface area (Å²) in [6.07, 6.45) is 0.710. The van der Waals surface area contributed by atoms with E-state index in [4.69, 9.17) is 0 Å². The predicted octanol–water partition coefficient (Wildman–Crippen LogP) is 2.51. The van der Waals surface area contributed by atoms with Crippen molar-refractivity contribution in [3.63, 3.8) is 0 Å². The van der Waals surface area contributed by atoms with Gasteiger partial charge < -0.3 is 5.11 Å². The smallest absolute Gasteiger partial charge is 0.144 e. The zero-order chi connectivity index (χ0) is 12.3. The van der Waals surface area contributed by atoms with Crippen LogP contribution in [0.3, 0.4) is 0 Å². The van der Waals surface area contributed by atoms with E-state index in [1.54, 1.807) is 18.2 Å². The number of aromatic nitrogens is 1. The van der Waals surface area contributed by atoms with Gasteiger partial charge in [0.1, 0.15) is 16.5 Å². The third-order valence-electron chi connectivity index (χ3n) is 2.33. The Morgan fingerprint density at radius 1 is 1.41 bits per heavy atom. The molecule has 2 aromatic rings. The Hall–Kier alpha value is -1.68. The standard InChI is InChI=1S/C13H13NO2S/c1-9-8-17-13(14-9)7-12(16)6-10-3-2-4-11(15)5-10/h2-5,8,15H,6-7H2,1H3. The summed E-state index contributed by atoms with van der Waals surface area (Å²) in [5.74, 6) is 0.311. The van der Waals surface area contributed by atoms with Gasteiger partial charge in [-0.2, -0.15) is 0 Å². The van der Waals surface area contributed by atoms with Gasteiger partial charge in [0.25, 0.3) is 0 Å². The van der Waals surface area contributed by atoms with Crippen LogP contribution in [0.15, 0.2) is 29.6 Å². The van der Waals surface area contributed by atoms with Gasteiger partial charge in [0, 0.05) is 17.5 Å². The first-order valence-corrected chi connectivity index (χ1v) is 6.22. The number of phenolic OH excluding ortho intramolecular Hbond substituents is 1. The van der Waals surface area contributed by atoms with E-state index < -0.39 is 0 Å². The van der Waals surface area contributed by atoms with Crippen LogP contribution in [0.5, 0.6) is 5.75 Å². The lowest BCUT2D eigenvalue weighted by Crippen LogP contribution is -2.06. The number of carbonyl (C=O) groups is 1. The number of hydrogen-bond acceptors (Lipinski definition) is 4. The Morgan fingerprint density at radius 3 is 2.88 bits per heavy atom. The summed E-state index contributed by atoms with van der Waals surface area (Å²) in [6, 6.07) is 6.79. The van der Waals surface area contributed by atoms with Crippen molar-refractivity contribution in [3.05, 3.63) is 45.9 Å². The number of ketones is 1. The molecule has 17 heavy (non-hydrogen) atoms.